The molecule has 1 amide bonds. The SMILES string of the molecule is Cc1cccc(Cl)c1OCc1ccc(C(=O)Nc2c(C)nn(Cc3cccc(Cl)c3)c2C)o1. The molecule has 0 aliphatic carbocycles. The molecule has 2 heterocycles. The van der Waals surface area contributed by atoms with E-state index in [0.29, 0.717) is 39.5 Å². The Labute approximate surface area is 202 Å². The molecule has 0 unspecified atom stereocenters. The van der Waals surface area contributed by atoms with Crippen molar-refractivity contribution in [3.05, 3.63) is 98.7 Å². The Morgan fingerprint density at radius 2 is 1.88 bits per heavy atom. The van der Waals surface area contributed by atoms with E-state index >= 15 is 0 Å². The molecule has 0 atom stereocenters. The number of ether oxygens (including phenoxy) is 1. The summed E-state index contributed by atoms with van der Waals surface area (Å²) < 4.78 is 13.3. The van der Waals surface area contributed by atoms with Crippen LogP contribution in [-0.2, 0) is 13.2 Å². The van der Waals surface area contributed by atoms with Crippen molar-refractivity contribution >= 4 is 34.8 Å². The van der Waals surface area contributed by atoms with Gasteiger partial charge in [0, 0.05) is 5.02 Å². The Morgan fingerprint density at radius 3 is 2.64 bits per heavy atom. The van der Waals surface area contributed by atoms with E-state index in [1.165, 1.54) is 0 Å². The van der Waals surface area contributed by atoms with Gasteiger partial charge in [0.05, 0.1) is 28.6 Å². The van der Waals surface area contributed by atoms with Crippen LogP contribution in [0.5, 0.6) is 5.75 Å². The molecular formula is C25H23Cl2N3O3. The van der Waals surface area contributed by atoms with Crippen LogP contribution in [0.15, 0.2) is 59.0 Å². The molecule has 0 spiro atoms. The van der Waals surface area contributed by atoms with Gasteiger partial charge in [-0.15, -0.1) is 0 Å². The minimum absolute atomic E-state index is 0.160. The molecule has 2 aromatic carbocycles. The first-order chi connectivity index (χ1) is 15.8. The minimum atomic E-state index is -0.358. The second-order valence-electron chi connectivity index (χ2n) is 7.73. The van der Waals surface area contributed by atoms with Crippen molar-refractivity contribution in [1.29, 1.82) is 0 Å². The fourth-order valence-corrected chi connectivity index (χ4v) is 4.02. The maximum atomic E-state index is 12.8. The predicted octanol–water partition coefficient (Wildman–Crippen LogP) is 6.59. The summed E-state index contributed by atoms with van der Waals surface area (Å²) in [5.41, 5.74) is 4.16. The van der Waals surface area contributed by atoms with Crippen molar-refractivity contribution in [2.45, 2.75) is 33.9 Å². The van der Waals surface area contributed by atoms with Crippen molar-refractivity contribution in [2.75, 3.05) is 5.32 Å². The first-order valence-corrected chi connectivity index (χ1v) is 11.1. The van der Waals surface area contributed by atoms with E-state index in [1.54, 1.807) is 18.2 Å². The molecule has 0 radical (unpaired) electrons. The van der Waals surface area contributed by atoms with E-state index in [0.717, 1.165) is 16.8 Å². The van der Waals surface area contributed by atoms with Crippen LogP contribution < -0.4 is 10.1 Å². The van der Waals surface area contributed by atoms with Crippen molar-refractivity contribution in [1.82, 2.24) is 9.78 Å². The van der Waals surface area contributed by atoms with Gasteiger partial charge in [0.2, 0.25) is 0 Å². The quantitative estimate of drug-likeness (QED) is 0.321. The topological polar surface area (TPSA) is 69.3 Å². The fraction of sp³-hybridized carbons (Fsp3) is 0.200. The summed E-state index contributed by atoms with van der Waals surface area (Å²) in [4.78, 5) is 12.8. The molecule has 0 fully saturated rings. The fourth-order valence-electron chi connectivity index (χ4n) is 3.54. The lowest BCUT2D eigenvalue weighted by atomic mass is 10.2. The highest BCUT2D eigenvalue weighted by Crippen LogP contribution is 2.29. The number of nitrogens with one attached hydrogen (secondary N) is 1. The Kier molecular flexibility index (Phi) is 6.77. The zero-order valence-electron chi connectivity index (χ0n) is 18.5. The zero-order valence-corrected chi connectivity index (χ0v) is 20.0. The first-order valence-electron chi connectivity index (χ1n) is 10.4. The lowest BCUT2D eigenvalue weighted by molar-refractivity contribution is 0.0992. The molecule has 6 nitrogen and oxygen atoms in total. The number of amides is 1. The molecule has 0 aliphatic rings. The number of para-hydroxylation sites is 1. The normalized spacial score (nSPS) is 10.9. The number of halogens is 2. The smallest absolute Gasteiger partial charge is 0.291 e. The van der Waals surface area contributed by atoms with Crippen molar-refractivity contribution in [2.24, 2.45) is 0 Å². The van der Waals surface area contributed by atoms with Gasteiger partial charge in [0.15, 0.2) is 5.76 Å². The minimum Gasteiger partial charge on any atom is -0.484 e. The highest BCUT2D eigenvalue weighted by atomic mass is 35.5. The summed E-state index contributed by atoms with van der Waals surface area (Å²) in [7, 11) is 0. The monoisotopic (exact) mass is 483 g/mol. The largest absolute Gasteiger partial charge is 0.484 e. The van der Waals surface area contributed by atoms with Gasteiger partial charge in [-0.25, -0.2) is 0 Å². The molecule has 4 aromatic rings. The van der Waals surface area contributed by atoms with E-state index in [9.17, 15) is 4.79 Å². The molecule has 170 valence electrons. The molecule has 1 N–H and O–H groups in total. The van der Waals surface area contributed by atoms with Gasteiger partial charge in [-0.05, 0) is 62.2 Å². The predicted molar refractivity (Wildman–Crippen MR) is 129 cm³/mol. The number of aromatic nitrogens is 2. The van der Waals surface area contributed by atoms with Gasteiger partial charge >= 0.3 is 0 Å². The molecule has 2 aromatic heterocycles. The van der Waals surface area contributed by atoms with E-state index < -0.39 is 0 Å². The van der Waals surface area contributed by atoms with Gasteiger partial charge in [0.25, 0.3) is 5.91 Å². The molecule has 0 aliphatic heterocycles. The number of aryl methyl sites for hydroxylation is 2. The Balaban J connectivity index is 1.44. The van der Waals surface area contributed by atoms with Gasteiger partial charge in [-0.3, -0.25) is 9.48 Å². The standard InChI is InChI=1S/C25H23Cl2N3O3/c1-15-6-4-9-21(27)24(15)32-14-20-10-11-22(33-20)25(31)28-23-16(2)29-30(17(23)3)13-18-7-5-8-19(26)12-18/h4-12H,13-14H2,1-3H3,(H,28,31). The highest BCUT2D eigenvalue weighted by molar-refractivity contribution is 6.32. The lowest BCUT2D eigenvalue weighted by Gasteiger charge is -2.09. The Bertz CT molecular complexity index is 1290. The number of rotatable bonds is 7. The molecule has 0 bridgehead atoms. The number of benzene rings is 2. The van der Waals surface area contributed by atoms with Gasteiger partial charge in [0.1, 0.15) is 18.1 Å². The van der Waals surface area contributed by atoms with Crippen molar-refractivity contribution < 1.29 is 13.9 Å². The van der Waals surface area contributed by atoms with Crippen LogP contribution in [0.4, 0.5) is 5.69 Å². The van der Waals surface area contributed by atoms with Crippen LogP contribution in [0, 0.1) is 20.8 Å². The molecule has 8 heteroatoms. The van der Waals surface area contributed by atoms with Crippen LogP contribution in [0.3, 0.4) is 0 Å². The van der Waals surface area contributed by atoms with E-state index in [-0.39, 0.29) is 18.3 Å². The number of carbonyl (C=O) groups excluding carboxylic acids is 1. The van der Waals surface area contributed by atoms with Crippen LogP contribution in [0.1, 0.15) is 38.8 Å². The van der Waals surface area contributed by atoms with E-state index in [2.05, 4.69) is 10.4 Å². The van der Waals surface area contributed by atoms with Crippen LogP contribution >= 0.6 is 23.2 Å². The third-order valence-electron chi connectivity index (χ3n) is 5.25. The average Bonchev–Trinajstić information content (AvgIpc) is 3.34. The number of hydrogen-bond donors (Lipinski definition) is 1. The summed E-state index contributed by atoms with van der Waals surface area (Å²) >= 11 is 12.3. The summed E-state index contributed by atoms with van der Waals surface area (Å²) in [5.74, 6) is 0.944. The Morgan fingerprint density at radius 1 is 1.09 bits per heavy atom. The van der Waals surface area contributed by atoms with Crippen molar-refractivity contribution in [3.8, 4) is 5.75 Å². The van der Waals surface area contributed by atoms with Gasteiger partial charge in [-0.1, -0.05) is 47.5 Å². The van der Waals surface area contributed by atoms with E-state index in [4.69, 9.17) is 32.4 Å². The summed E-state index contributed by atoms with van der Waals surface area (Å²) in [5, 5.41) is 8.68. The maximum Gasteiger partial charge on any atom is 0.291 e. The summed E-state index contributed by atoms with van der Waals surface area (Å²) in [6, 6.07) is 16.5. The molecule has 0 saturated heterocycles. The van der Waals surface area contributed by atoms with E-state index in [1.807, 2.05) is 61.9 Å². The first kappa shape index (κ1) is 23.0. The highest BCUT2D eigenvalue weighted by Gasteiger charge is 2.18. The zero-order chi connectivity index (χ0) is 23.5. The number of nitrogens with zero attached hydrogens (tertiary/aromatic N) is 2. The maximum absolute atomic E-state index is 12.8. The second kappa shape index (κ2) is 9.73. The van der Waals surface area contributed by atoms with Crippen molar-refractivity contribution in [3.63, 3.8) is 0 Å². The lowest BCUT2D eigenvalue weighted by Crippen LogP contribution is -2.12. The van der Waals surface area contributed by atoms with Crippen LogP contribution in [0.25, 0.3) is 0 Å². The Hall–Kier alpha value is -3.22. The third kappa shape index (κ3) is 5.24. The number of anilines is 1. The number of carbonyl (C=O) groups is 1. The summed E-state index contributed by atoms with van der Waals surface area (Å²) in [6.07, 6.45) is 0. The summed E-state index contributed by atoms with van der Waals surface area (Å²) in [6.45, 7) is 6.39. The molecule has 0 saturated carbocycles. The number of furan rings is 1. The average molecular weight is 484 g/mol. The van der Waals surface area contributed by atoms with Crippen LogP contribution in [0.2, 0.25) is 10.0 Å². The number of hydrogen-bond acceptors (Lipinski definition) is 4. The van der Waals surface area contributed by atoms with Gasteiger partial charge in [-0.2, -0.15) is 5.10 Å². The molecule has 33 heavy (non-hydrogen) atoms. The second-order valence-corrected chi connectivity index (χ2v) is 8.57. The van der Waals surface area contributed by atoms with Gasteiger partial charge < -0.3 is 14.5 Å². The molecular weight excluding hydrogens is 461 g/mol. The molecule has 4 rings (SSSR count). The third-order valence-corrected chi connectivity index (χ3v) is 5.78. The van der Waals surface area contributed by atoms with Crippen LogP contribution in [-0.4, -0.2) is 15.7 Å².